The maximum atomic E-state index is 11.9. The maximum absolute atomic E-state index is 11.9. The standard InChI is InChI=1S/C14H21N3O3S/c15-13-5-3-4-12(10-13)11-21(19,20)16-7-6-14(18)17-8-1-2-9-17/h3-5,10,16H,1-2,6-9,11,15H2. The number of carbonyl (C=O) groups is 1. The summed E-state index contributed by atoms with van der Waals surface area (Å²) >= 11 is 0. The van der Waals surface area contributed by atoms with Gasteiger partial charge in [0.05, 0.1) is 5.75 Å². The van der Waals surface area contributed by atoms with Gasteiger partial charge in [0, 0.05) is 31.7 Å². The van der Waals surface area contributed by atoms with Crippen LogP contribution in [0.1, 0.15) is 24.8 Å². The smallest absolute Gasteiger partial charge is 0.223 e. The molecule has 21 heavy (non-hydrogen) atoms. The molecule has 1 aliphatic heterocycles. The third-order valence-electron chi connectivity index (χ3n) is 3.43. The van der Waals surface area contributed by atoms with Gasteiger partial charge in [-0.05, 0) is 30.5 Å². The molecule has 0 bridgehead atoms. The average Bonchev–Trinajstić information content (AvgIpc) is 2.91. The van der Waals surface area contributed by atoms with Gasteiger partial charge in [-0.1, -0.05) is 12.1 Å². The molecule has 0 saturated carbocycles. The fourth-order valence-corrected chi connectivity index (χ4v) is 3.52. The van der Waals surface area contributed by atoms with Gasteiger partial charge in [-0.2, -0.15) is 0 Å². The van der Waals surface area contributed by atoms with Gasteiger partial charge in [0.25, 0.3) is 0 Å². The van der Waals surface area contributed by atoms with E-state index in [1.165, 1.54) is 0 Å². The van der Waals surface area contributed by atoms with Gasteiger partial charge in [0.15, 0.2) is 0 Å². The van der Waals surface area contributed by atoms with E-state index in [-0.39, 0.29) is 24.6 Å². The number of likely N-dealkylation sites (tertiary alicyclic amines) is 1. The Labute approximate surface area is 125 Å². The molecule has 0 spiro atoms. The van der Waals surface area contributed by atoms with Crippen molar-refractivity contribution in [3.8, 4) is 0 Å². The molecule has 116 valence electrons. The number of sulfonamides is 1. The van der Waals surface area contributed by atoms with Gasteiger partial charge >= 0.3 is 0 Å². The molecule has 1 saturated heterocycles. The van der Waals surface area contributed by atoms with Crippen LogP contribution in [0.3, 0.4) is 0 Å². The number of rotatable bonds is 6. The van der Waals surface area contributed by atoms with Gasteiger partial charge in [0.1, 0.15) is 0 Å². The monoisotopic (exact) mass is 311 g/mol. The summed E-state index contributed by atoms with van der Waals surface area (Å²) in [5, 5.41) is 0. The first-order valence-corrected chi connectivity index (χ1v) is 8.71. The molecule has 2 rings (SSSR count). The van der Waals surface area contributed by atoms with Crippen LogP contribution in [0.25, 0.3) is 0 Å². The van der Waals surface area contributed by atoms with Crippen LogP contribution < -0.4 is 10.5 Å². The minimum absolute atomic E-state index is 0.0131. The molecule has 1 amide bonds. The molecule has 0 aromatic heterocycles. The Bertz CT molecular complexity index is 595. The maximum Gasteiger partial charge on any atom is 0.223 e. The second kappa shape index (κ2) is 6.91. The number of nitrogens with two attached hydrogens (primary N) is 1. The summed E-state index contributed by atoms with van der Waals surface area (Å²) in [6.07, 6.45) is 2.27. The van der Waals surface area contributed by atoms with Gasteiger partial charge in [-0.3, -0.25) is 4.79 Å². The number of nitrogens with zero attached hydrogens (tertiary/aromatic N) is 1. The fraction of sp³-hybridized carbons (Fsp3) is 0.500. The molecule has 1 fully saturated rings. The average molecular weight is 311 g/mol. The van der Waals surface area contributed by atoms with Crippen molar-refractivity contribution in [3.05, 3.63) is 29.8 Å². The first-order valence-electron chi connectivity index (χ1n) is 7.06. The van der Waals surface area contributed by atoms with Crippen molar-refractivity contribution < 1.29 is 13.2 Å². The van der Waals surface area contributed by atoms with E-state index in [2.05, 4.69) is 4.72 Å². The number of hydrogen-bond acceptors (Lipinski definition) is 4. The molecule has 3 N–H and O–H groups in total. The predicted octanol–water partition coefficient (Wildman–Crippen LogP) is 0.701. The Morgan fingerprint density at radius 1 is 1.29 bits per heavy atom. The lowest BCUT2D eigenvalue weighted by molar-refractivity contribution is -0.129. The van der Waals surface area contributed by atoms with Crippen molar-refractivity contribution in [2.45, 2.75) is 25.0 Å². The van der Waals surface area contributed by atoms with Gasteiger partial charge < -0.3 is 10.6 Å². The third kappa shape index (κ3) is 5.02. The largest absolute Gasteiger partial charge is 0.399 e. The highest BCUT2D eigenvalue weighted by molar-refractivity contribution is 7.88. The number of anilines is 1. The lowest BCUT2D eigenvalue weighted by Gasteiger charge is -2.15. The minimum atomic E-state index is -3.45. The van der Waals surface area contributed by atoms with Crippen LogP contribution in [0.4, 0.5) is 5.69 Å². The zero-order chi connectivity index (χ0) is 15.3. The Balaban J connectivity index is 1.80. The summed E-state index contributed by atoms with van der Waals surface area (Å²) < 4.78 is 26.3. The van der Waals surface area contributed by atoms with E-state index in [9.17, 15) is 13.2 Å². The first-order chi connectivity index (χ1) is 9.96. The van der Waals surface area contributed by atoms with Crippen LogP contribution in [0.15, 0.2) is 24.3 Å². The number of hydrogen-bond donors (Lipinski definition) is 2. The lowest BCUT2D eigenvalue weighted by atomic mass is 10.2. The van der Waals surface area contributed by atoms with Crippen molar-refractivity contribution in [3.63, 3.8) is 0 Å². The number of carbonyl (C=O) groups excluding carboxylic acids is 1. The molecule has 1 aliphatic rings. The highest BCUT2D eigenvalue weighted by Gasteiger charge is 2.18. The molecular weight excluding hydrogens is 290 g/mol. The van der Waals surface area contributed by atoms with Crippen molar-refractivity contribution in [2.24, 2.45) is 0 Å². The van der Waals surface area contributed by atoms with Crippen molar-refractivity contribution in [2.75, 3.05) is 25.4 Å². The SMILES string of the molecule is Nc1cccc(CS(=O)(=O)NCCC(=O)N2CCCC2)c1. The van der Waals surface area contributed by atoms with Crippen LogP contribution in [-0.2, 0) is 20.6 Å². The molecular formula is C14H21N3O3S. The van der Waals surface area contributed by atoms with E-state index < -0.39 is 10.0 Å². The Hall–Kier alpha value is -1.60. The van der Waals surface area contributed by atoms with Crippen LogP contribution in [0.2, 0.25) is 0 Å². The van der Waals surface area contributed by atoms with Crippen LogP contribution >= 0.6 is 0 Å². The highest BCUT2D eigenvalue weighted by atomic mass is 32.2. The zero-order valence-corrected chi connectivity index (χ0v) is 12.7. The van der Waals surface area contributed by atoms with E-state index in [1.807, 2.05) is 0 Å². The van der Waals surface area contributed by atoms with Crippen molar-refractivity contribution in [1.82, 2.24) is 9.62 Å². The first kappa shape index (κ1) is 15.8. The molecule has 1 aromatic carbocycles. The van der Waals surface area contributed by atoms with Gasteiger partial charge in [0.2, 0.25) is 15.9 Å². The molecule has 0 atom stereocenters. The zero-order valence-electron chi connectivity index (χ0n) is 11.9. The van der Waals surface area contributed by atoms with E-state index in [4.69, 9.17) is 5.73 Å². The number of benzene rings is 1. The quantitative estimate of drug-likeness (QED) is 0.756. The number of nitrogens with one attached hydrogen (secondary N) is 1. The highest BCUT2D eigenvalue weighted by Crippen LogP contribution is 2.10. The Morgan fingerprint density at radius 2 is 2.00 bits per heavy atom. The molecule has 0 unspecified atom stereocenters. The van der Waals surface area contributed by atoms with Crippen molar-refractivity contribution >= 4 is 21.6 Å². The molecule has 1 aromatic rings. The van der Waals surface area contributed by atoms with Crippen LogP contribution in [-0.4, -0.2) is 38.9 Å². The Kier molecular flexibility index (Phi) is 5.19. The minimum Gasteiger partial charge on any atom is -0.399 e. The lowest BCUT2D eigenvalue weighted by Crippen LogP contribution is -2.33. The Morgan fingerprint density at radius 3 is 2.67 bits per heavy atom. The summed E-state index contributed by atoms with van der Waals surface area (Å²) in [5.41, 5.74) is 6.79. The fourth-order valence-electron chi connectivity index (χ4n) is 2.39. The molecule has 7 heteroatoms. The third-order valence-corrected chi connectivity index (χ3v) is 4.78. The van der Waals surface area contributed by atoms with Crippen molar-refractivity contribution in [1.29, 1.82) is 0 Å². The van der Waals surface area contributed by atoms with Gasteiger partial charge in [-0.25, -0.2) is 13.1 Å². The molecule has 6 nitrogen and oxygen atoms in total. The second-order valence-electron chi connectivity index (χ2n) is 5.24. The van der Waals surface area contributed by atoms with Gasteiger partial charge in [-0.15, -0.1) is 0 Å². The van der Waals surface area contributed by atoms with E-state index >= 15 is 0 Å². The molecule has 1 heterocycles. The normalized spacial score (nSPS) is 15.3. The summed E-state index contributed by atoms with van der Waals surface area (Å²) in [4.78, 5) is 13.6. The van der Waals surface area contributed by atoms with E-state index in [1.54, 1.807) is 29.2 Å². The topological polar surface area (TPSA) is 92.5 Å². The summed E-state index contributed by atoms with van der Waals surface area (Å²) in [5.74, 6) is -0.116. The molecule has 0 aliphatic carbocycles. The number of nitrogen functional groups attached to an aromatic ring is 1. The van der Waals surface area contributed by atoms with Crippen LogP contribution in [0, 0.1) is 0 Å². The molecule has 0 radical (unpaired) electrons. The summed E-state index contributed by atoms with van der Waals surface area (Å²) in [7, 11) is -3.45. The summed E-state index contributed by atoms with van der Waals surface area (Å²) in [6, 6.07) is 6.77. The number of amides is 1. The van der Waals surface area contributed by atoms with E-state index in [0.29, 0.717) is 11.3 Å². The predicted molar refractivity (Wildman–Crippen MR) is 81.9 cm³/mol. The summed E-state index contributed by atoms with van der Waals surface area (Å²) in [6.45, 7) is 1.71. The van der Waals surface area contributed by atoms with Crippen LogP contribution in [0.5, 0.6) is 0 Å². The second-order valence-corrected chi connectivity index (χ2v) is 7.04. The van der Waals surface area contributed by atoms with E-state index in [0.717, 1.165) is 25.9 Å².